The van der Waals surface area contributed by atoms with Crippen molar-refractivity contribution in [3.05, 3.63) is 57.8 Å². The number of nitrogens with one attached hydrogen (secondary N) is 1. The molecule has 1 aliphatic heterocycles. The van der Waals surface area contributed by atoms with E-state index in [1.807, 2.05) is 0 Å². The first-order valence-corrected chi connectivity index (χ1v) is 7.13. The molecule has 0 radical (unpaired) electrons. The number of benzene rings is 1. The molecule has 3 heterocycles. The molecular formula is C16H12FN3O3. The number of aromatic nitrogens is 3. The molecule has 0 unspecified atom stereocenters. The van der Waals surface area contributed by atoms with Crippen molar-refractivity contribution in [2.24, 2.45) is 0 Å². The number of fused-ring (bicyclic) bond motifs is 1. The van der Waals surface area contributed by atoms with Crippen LogP contribution in [0.2, 0.25) is 0 Å². The molecule has 2 aromatic heterocycles. The Labute approximate surface area is 129 Å². The lowest BCUT2D eigenvalue weighted by molar-refractivity contribution is 0.109. The van der Waals surface area contributed by atoms with Crippen molar-refractivity contribution in [3.63, 3.8) is 0 Å². The summed E-state index contributed by atoms with van der Waals surface area (Å²) in [5.41, 5.74) is 2.44. The van der Waals surface area contributed by atoms with Gasteiger partial charge in [-0.15, -0.1) is 0 Å². The molecule has 1 N–H and O–H groups in total. The molecule has 23 heavy (non-hydrogen) atoms. The van der Waals surface area contributed by atoms with E-state index in [-0.39, 0.29) is 23.1 Å². The number of hydrogen-bond acceptors (Lipinski definition) is 5. The van der Waals surface area contributed by atoms with Gasteiger partial charge in [-0.3, -0.25) is 4.79 Å². The van der Waals surface area contributed by atoms with Gasteiger partial charge in [0.1, 0.15) is 5.82 Å². The fourth-order valence-electron chi connectivity index (χ4n) is 2.53. The molecule has 6 nitrogen and oxygen atoms in total. The largest absolute Gasteiger partial charge is 0.376 e. The third-order valence-electron chi connectivity index (χ3n) is 3.73. The Morgan fingerprint density at radius 2 is 2.04 bits per heavy atom. The molecule has 1 aliphatic rings. The zero-order valence-electron chi connectivity index (χ0n) is 12.0. The third kappa shape index (κ3) is 2.55. The van der Waals surface area contributed by atoms with E-state index in [4.69, 9.17) is 9.26 Å². The van der Waals surface area contributed by atoms with Gasteiger partial charge in [0, 0.05) is 17.7 Å². The van der Waals surface area contributed by atoms with Crippen molar-refractivity contribution in [2.75, 3.05) is 6.61 Å². The number of rotatable bonds is 2. The number of halogens is 1. The summed E-state index contributed by atoms with van der Waals surface area (Å²) in [6.45, 7) is 1.04. The van der Waals surface area contributed by atoms with Crippen LogP contribution < -0.4 is 5.56 Å². The molecule has 116 valence electrons. The van der Waals surface area contributed by atoms with E-state index < -0.39 is 0 Å². The Balaban J connectivity index is 1.74. The van der Waals surface area contributed by atoms with Crippen LogP contribution in [-0.2, 0) is 17.8 Å². The molecule has 0 atom stereocenters. The van der Waals surface area contributed by atoms with Crippen LogP contribution in [0.15, 0.2) is 39.6 Å². The Bertz CT molecular complexity index is 915. The molecule has 1 aromatic carbocycles. The molecule has 0 spiro atoms. The highest BCUT2D eigenvalue weighted by Crippen LogP contribution is 2.22. The average molecular weight is 313 g/mol. The highest BCUT2D eigenvalue weighted by molar-refractivity contribution is 5.59. The fraction of sp³-hybridized carbons (Fsp3) is 0.188. The van der Waals surface area contributed by atoms with E-state index in [9.17, 15) is 9.18 Å². The Hall–Kier alpha value is -2.80. The molecule has 0 amide bonds. The van der Waals surface area contributed by atoms with Gasteiger partial charge in [-0.05, 0) is 35.9 Å². The van der Waals surface area contributed by atoms with Crippen molar-refractivity contribution in [1.29, 1.82) is 0 Å². The van der Waals surface area contributed by atoms with Gasteiger partial charge < -0.3 is 14.2 Å². The molecule has 7 heteroatoms. The number of aromatic amines is 1. The monoisotopic (exact) mass is 313 g/mol. The Morgan fingerprint density at radius 1 is 1.22 bits per heavy atom. The van der Waals surface area contributed by atoms with Gasteiger partial charge in [0.2, 0.25) is 5.82 Å². The van der Waals surface area contributed by atoms with Crippen molar-refractivity contribution < 1.29 is 13.7 Å². The smallest absolute Gasteiger partial charge is 0.259 e. The fourth-order valence-corrected chi connectivity index (χ4v) is 2.53. The standard InChI is InChI=1S/C16H12FN3O3/c17-11-3-1-9(2-4-11)16-19-14(20-23-16)12-7-10-8-22-6-5-13(10)18-15(12)21/h1-4,7H,5-6,8H2,(H,18,21). The van der Waals surface area contributed by atoms with E-state index >= 15 is 0 Å². The minimum atomic E-state index is -0.348. The predicted octanol–water partition coefficient (Wildman–Crippen LogP) is 2.30. The van der Waals surface area contributed by atoms with Crippen molar-refractivity contribution in [1.82, 2.24) is 15.1 Å². The van der Waals surface area contributed by atoms with Crippen LogP contribution in [-0.4, -0.2) is 21.7 Å². The highest BCUT2D eigenvalue weighted by Gasteiger charge is 2.18. The molecule has 0 fully saturated rings. The zero-order valence-corrected chi connectivity index (χ0v) is 12.0. The minimum absolute atomic E-state index is 0.193. The number of nitrogens with zero attached hydrogens (tertiary/aromatic N) is 2. The summed E-state index contributed by atoms with van der Waals surface area (Å²) in [4.78, 5) is 19.3. The molecule has 0 saturated carbocycles. The second-order valence-corrected chi connectivity index (χ2v) is 5.25. The SMILES string of the molecule is O=c1[nH]c2c(cc1-c1noc(-c3ccc(F)cc3)n1)COCC2. The third-order valence-corrected chi connectivity index (χ3v) is 3.73. The molecule has 4 rings (SSSR count). The van der Waals surface area contributed by atoms with Crippen LogP contribution in [0.25, 0.3) is 22.8 Å². The summed E-state index contributed by atoms with van der Waals surface area (Å²) >= 11 is 0. The average Bonchev–Trinajstić information content (AvgIpc) is 3.04. The molecular weight excluding hydrogens is 301 g/mol. The van der Waals surface area contributed by atoms with Gasteiger partial charge in [0.05, 0.1) is 18.8 Å². The molecule has 3 aromatic rings. The van der Waals surface area contributed by atoms with E-state index in [0.717, 1.165) is 11.3 Å². The minimum Gasteiger partial charge on any atom is -0.376 e. The van der Waals surface area contributed by atoms with Gasteiger partial charge in [-0.2, -0.15) is 4.98 Å². The number of H-pyrrole nitrogens is 1. The van der Waals surface area contributed by atoms with Crippen molar-refractivity contribution >= 4 is 0 Å². The van der Waals surface area contributed by atoms with Gasteiger partial charge in [-0.25, -0.2) is 4.39 Å². The van der Waals surface area contributed by atoms with Crippen molar-refractivity contribution in [2.45, 2.75) is 13.0 Å². The van der Waals surface area contributed by atoms with Crippen LogP contribution in [0.3, 0.4) is 0 Å². The van der Waals surface area contributed by atoms with E-state index in [1.54, 1.807) is 6.07 Å². The number of hydrogen-bond donors (Lipinski definition) is 1. The lowest BCUT2D eigenvalue weighted by Gasteiger charge is -2.15. The topological polar surface area (TPSA) is 81.0 Å². The first-order valence-electron chi connectivity index (χ1n) is 7.13. The van der Waals surface area contributed by atoms with Crippen LogP contribution in [0.4, 0.5) is 4.39 Å². The summed E-state index contributed by atoms with van der Waals surface area (Å²) in [6, 6.07) is 7.42. The Kier molecular flexibility index (Phi) is 3.27. The Morgan fingerprint density at radius 3 is 2.87 bits per heavy atom. The summed E-state index contributed by atoms with van der Waals surface area (Å²) in [5.74, 6) is 0.0759. The number of ether oxygens (including phenoxy) is 1. The first kappa shape index (κ1) is 13.8. The van der Waals surface area contributed by atoms with Gasteiger partial charge in [-0.1, -0.05) is 5.16 Å². The number of pyridine rings is 1. The zero-order chi connectivity index (χ0) is 15.8. The lowest BCUT2D eigenvalue weighted by atomic mass is 10.1. The van der Waals surface area contributed by atoms with Gasteiger partial charge in [0.15, 0.2) is 0 Å². The lowest BCUT2D eigenvalue weighted by Crippen LogP contribution is -2.19. The maximum atomic E-state index is 13.0. The summed E-state index contributed by atoms with van der Waals surface area (Å²) in [5, 5.41) is 3.85. The van der Waals surface area contributed by atoms with E-state index in [1.165, 1.54) is 24.3 Å². The second-order valence-electron chi connectivity index (χ2n) is 5.25. The summed E-state index contributed by atoms with van der Waals surface area (Å²) in [6.07, 6.45) is 0.678. The maximum Gasteiger partial charge on any atom is 0.259 e. The van der Waals surface area contributed by atoms with Crippen molar-refractivity contribution in [3.8, 4) is 22.8 Å². The normalized spacial score (nSPS) is 13.8. The first-order chi connectivity index (χ1) is 11.2. The highest BCUT2D eigenvalue weighted by atomic mass is 19.1. The predicted molar refractivity (Wildman–Crippen MR) is 79.1 cm³/mol. The van der Waals surface area contributed by atoms with Crippen LogP contribution >= 0.6 is 0 Å². The van der Waals surface area contributed by atoms with Crippen LogP contribution in [0, 0.1) is 5.82 Å². The quantitative estimate of drug-likeness (QED) is 0.785. The summed E-state index contributed by atoms with van der Waals surface area (Å²) < 4.78 is 23.5. The summed E-state index contributed by atoms with van der Waals surface area (Å²) in [7, 11) is 0. The van der Waals surface area contributed by atoms with Gasteiger partial charge >= 0.3 is 0 Å². The molecule has 0 saturated heterocycles. The van der Waals surface area contributed by atoms with E-state index in [0.29, 0.717) is 30.8 Å². The van der Waals surface area contributed by atoms with Crippen LogP contribution in [0.1, 0.15) is 11.3 Å². The molecule has 0 aliphatic carbocycles. The van der Waals surface area contributed by atoms with Gasteiger partial charge in [0.25, 0.3) is 11.4 Å². The van der Waals surface area contributed by atoms with Crippen LogP contribution in [0.5, 0.6) is 0 Å². The second kappa shape index (κ2) is 5.44. The van der Waals surface area contributed by atoms with E-state index in [2.05, 4.69) is 15.1 Å². The maximum absolute atomic E-state index is 13.0. The molecule has 0 bridgehead atoms.